The summed E-state index contributed by atoms with van der Waals surface area (Å²) in [6, 6.07) is 9.95. The molecule has 6 nitrogen and oxygen atoms in total. The summed E-state index contributed by atoms with van der Waals surface area (Å²) in [5.41, 5.74) is -0.227. The quantitative estimate of drug-likeness (QED) is 0.797. The minimum atomic E-state index is -1.23. The zero-order valence-electron chi connectivity index (χ0n) is 11.9. The van der Waals surface area contributed by atoms with Crippen LogP contribution in [0.4, 0.5) is 0 Å². The van der Waals surface area contributed by atoms with Gasteiger partial charge < -0.3 is 19.7 Å². The number of carboxylic acids is 2. The van der Waals surface area contributed by atoms with Crippen LogP contribution in [0.5, 0.6) is 17.2 Å². The molecule has 6 heteroatoms. The first-order chi connectivity index (χ1) is 11.0. The van der Waals surface area contributed by atoms with Crippen molar-refractivity contribution < 1.29 is 29.3 Å². The summed E-state index contributed by atoms with van der Waals surface area (Å²) in [4.78, 5) is 22.2. The van der Waals surface area contributed by atoms with E-state index in [1.807, 2.05) is 0 Å². The standard InChI is InChI=1S/C17H12O6/c1-2-8-22-12-4-3-5-13(10-12)23-15-9-11(16(18)19)6-7-14(15)17(20)21/h1,3-7,9-10H,8H2,(H,18,19)(H,20,21). The molecule has 0 aliphatic carbocycles. The Bertz CT molecular complexity index is 788. The zero-order chi connectivity index (χ0) is 16.8. The third-order valence-corrected chi connectivity index (χ3v) is 2.81. The Morgan fingerprint density at radius 2 is 1.78 bits per heavy atom. The molecule has 0 saturated carbocycles. The van der Waals surface area contributed by atoms with Crippen LogP contribution in [-0.4, -0.2) is 28.8 Å². The molecule has 0 saturated heterocycles. The summed E-state index contributed by atoms with van der Waals surface area (Å²) in [6.45, 7) is 0.0817. The van der Waals surface area contributed by atoms with Gasteiger partial charge in [-0.1, -0.05) is 12.0 Å². The highest BCUT2D eigenvalue weighted by Gasteiger charge is 2.15. The van der Waals surface area contributed by atoms with Crippen LogP contribution in [0.25, 0.3) is 0 Å². The van der Waals surface area contributed by atoms with Gasteiger partial charge in [0, 0.05) is 6.07 Å². The van der Waals surface area contributed by atoms with E-state index >= 15 is 0 Å². The molecule has 0 heterocycles. The Kier molecular flexibility index (Phi) is 4.85. The molecule has 0 aromatic heterocycles. The molecule has 0 bridgehead atoms. The highest BCUT2D eigenvalue weighted by molar-refractivity contribution is 5.94. The maximum absolute atomic E-state index is 11.2. The van der Waals surface area contributed by atoms with Gasteiger partial charge in [0.25, 0.3) is 0 Å². The first-order valence-corrected chi connectivity index (χ1v) is 6.46. The molecule has 0 aliphatic rings. The molecule has 23 heavy (non-hydrogen) atoms. The van der Waals surface area contributed by atoms with Gasteiger partial charge in [-0.3, -0.25) is 0 Å². The molecule has 2 aromatic carbocycles. The van der Waals surface area contributed by atoms with E-state index in [2.05, 4.69) is 5.92 Å². The summed E-state index contributed by atoms with van der Waals surface area (Å²) in [5, 5.41) is 18.2. The number of hydrogen-bond acceptors (Lipinski definition) is 4. The lowest BCUT2D eigenvalue weighted by Gasteiger charge is -2.11. The molecule has 0 amide bonds. The summed E-state index contributed by atoms with van der Waals surface area (Å²) < 4.78 is 10.8. The van der Waals surface area contributed by atoms with Gasteiger partial charge in [-0.05, 0) is 30.3 Å². The summed E-state index contributed by atoms with van der Waals surface area (Å²) >= 11 is 0. The number of benzene rings is 2. The second kappa shape index (κ2) is 7.00. The van der Waals surface area contributed by atoms with E-state index in [0.717, 1.165) is 6.07 Å². The second-order valence-corrected chi connectivity index (χ2v) is 4.39. The number of hydrogen-bond donors (Lipinski definition) is 2. The normalized spacial score (nSPS) is 9.70. The summed E-state index contributed by atoms with van der Waals surface area (Å²) in [7, 11) is 0. The van der Waals surface area contributed by atoms with Gasteiger partial charge in [0.15, 0.2) is 0 Å². The fourth-order valence-corrected chi connectivity index (χ4v) is 1.80. The predicted molar refractivity (Wildman–Crippen MR) is 81.2 cm³/mol. The lowest BCUT2D eigenvalue weighted by Crippen LogP contribution is -2.03. The number of aromatic carboxylic acids is 2. The summed E-state index contributed by atoms with van der Waals surface area (Å²) in [5.74, 6) is 0.585. The topological polar surface area (TPSA) is 93.1 Å². The minimum Gasteiger partial charge on any atom is -0.481 e. The Morgan fingerprint density at radius 3 is 2.43 bits per heavy atom. The van der Waals surface area contributed by atoms with Crippen molar-refractivity contribution >= 4 is 11.9 Å². The molecular formula is C17H12O6. The fourth-order valence-electron chi connectivity index (χ4n) is 1.80. The van der Waals surface area contributed by atoms with Gasteiger partial charge in [0.1, 0.15) is 29.4 Å². The van der Waals surface area contributed by atoms with E-state index in [1.165, 1.54) is 18.2 Å². The van der Waals surface area contributed by atoms with Crippen LogP contribution in [0.1, 0.15) is 20.7 Å². The SMILES string of the molecule is C#CCOc1cccc(Oc2cc(C(=O)O)ccc2C(=O)O)c1. The Labute approximate surface area is 131 Å². The van der Waals surface area contributed by atoms with Crippen LogP contribution in [0.15, 0.2) is 42.5 Å². The van der Waals surface area contributed by atoms with Crippen molar-refractivity contribution in [3.8, 4) is 29.6 Å². The smallest absolute Gasteiger partial charge is 0.339 e. The Balaban J connectivity index is 2.35. The molecule has 2 rings (SSSR count). The van der Waals surface area contributed by atoms with Gasteiger partial charge in [-0.15, -0.1) is 6.42 Å². The number of carbonyl (C=O) groups is 2. The molecule has 0 fully saturated rings. The van der Waals surface area contributed by atoms with E-state index in [0.29, 0.717) is 11.5 Å². The van der Waals surface area contributed by atoms with Crippen molar-refractivity contribution in [1.82, 2.24) is 0 Å². The van der Waals surface area contributed by atoms with Gasteiger partial charge in [0.2, 0.25) is 0 Å². The Hall–Kier alpha value is -3.46. The molecule has 0 spiro atoms. The molecule has 2 aromatic rings. The second-order valence-electron chi connectivity index (χ2n) is 4.39. The number of carboxylic acid groups (broad SMARTS) is 2. The van der Waals surface area contributed by atoms with Gasteiger partial charge in [0.05, 0.1) is 5.56 Å². The molecule has 0 aliphatic heterocycles. The van der Waals surface area contributed by atoms with Crippen LogP contribution < -0.4 is 9.47 Å². The van der Waals surface area contributed by atoms with Gasteiger partial charge >= 0.3 is 11.9 Å². The Morgan fingerprint density at radius 1 is 1.04 bits per heavy atom. The van der Waals surface area contributed by atoms with E-state index in [4.69, 9.17) is 26.1 Å². The molecular weight excluding hydrogens is 300 g/mol. The van der Waals surface area contributed by atoms with E-state index < -0.39 is 11.9 Å². The van der Waals surface area contributed by atoms with Crippen molar-refractivity contribution in [3.63, 3.8) is 0 Å². The maximum atomic E-state index is 11.2. The van der Waals surface area contributed by atoms with Crippen molar-refractivity contribution in [1.29, 1.82) is 0 Å². The fraction of sp³-hybridized carbons (Fsp3) is 0.0588. The molecule has 0 radical (unpaired) electrons. The van der Waals surface area contributed by atoms with E-state index in [9.17, 15) is 9.59 Å². The third-order valence-electron chi connectivity index (χ3n) is 2.81. The number of terminal acetylenes is 1. The zero-order valence-corrected chi connectivity index (χ0v) is 11.9. The van der Waals surface area contributed by atoms with Gasteiger partial charge in [-0.25, -0.2) is 9.59 Å². The monoisotopic (exact) mass is 312 g/mol. The van der Waals surface area contributed by atoms with Crippen molar-refractivity contribution in [2.75, 3.05) is 6.61 Å². The van der Waals surface area contributed by atoms with E-state index in [1.54, 1.807) is 18.2 Å². The largest absolute Gasteiger partial charge is 0.481 e. The van der Waals surface area contributed by atoms with Crippen LogP contribution in [0.2, 0.25) is 0 Å². The first kappa shape index (κ1) is 15.9. The van der Waals surface area contributed by atoms with Crippen molar-refractivity contribution in [2.24, 2.45) is 0 Å². The van der Waals surface area contributed by atoms with Crippen LogP contribution >= 0.6 is 0 Å². The highest BCUT2D eigenvalue weighted by Crippen LogP contribution is 2.29. The lowest BCUT2D eigenvalue weighted by molar-refractivity contribution is 0.0678. The van der Waals surface area contributed by atoms with Crippen LogP contribution in [0.3, 0.4) is 0 Å². The van der Waals surface area contributed by atoms with Crippen molar-refractivity contribution in [3.05, 3.63) is 53.6 Å². The van der Waals surface area contributed by atoms with Gasteiger partial charge in [-0.2, -0.15) is 0 Å². The summed E-state index contributed by atoms with van der Waals surface area (Å²) in [6.07, 6.45) is 5.11. The first-order valence-electron chi connectivity index (χ1n) is 6.46. The average Bonchev–Trinajstić information content (AvgIpc) is 2.53. The van der Waals surface area contributed by atoms with Crippen molar-refractivity contribution in [2.45, 2.75) is 0 Å². The molecule has 2 N–H and O–H groups in total. The molecule has 0 unspecified atom stereocenters. The van der Waals surface area contributed by atoms with Crippen LogP contribution in [0, 0.1) is 12.3 Å². The number of rotatable bonds is 6. The molecule has 0 atom stereocenters. The van der Waals surface area contributed by atoms with Crippen LogP contribution in [-0.2, 0) is 0 Å². The number of ether oxygens (including phenoxy) is 2. The lowest BCUT2D eigenvalue weighted by atomic mass is 10.1. The highest BCUT2D eigenvalue weighted by atomic mass is 16.5. The predicted octanol–water partition coefficient (Wildman–Crippen LogP) is 2.89. The molecule has 116 valence electrons. The third kappa shape index (κ3) is 4.02. The average molecular weight is 312 g/mol. The minimum absolute atomic E-state index is 0.0773. The maximum Gasteiger partial charge on any atom is 0.339 e. The van der Waals surface area contributed by atoms with E-state index in [-0.39, 0.29) is 23.5 Å².